The Morgan fingerprint density at radius 2 is 1.88 bits per heavy atom. The van der Waals surface area contributed by atoms with Gasteiger partial charge in [0.25, 0.3) is 0 Å². The fourth-order valence-corrected chi connectivity index (χ4v) is 3.72. The summed E-state index contributed by atoms with van der Waals surface area (Å²) in [6, 6.07) is 11.8. The summed E-state index contributed by atoms with van der Waals surface area (Å²) in [5, 5.41) is 4.29. The lowest BCUT2D eigenvalue weighted by Crippen LogP contribution is -2.28. The quantitative estimate of drug-likeness (QED) is 0.618. The first-order valence-corrected chi connectivity index (χ1v) is 8.78. The number of hydrogen-bond donors (Lipinski definition) is 3. The van der Waals surface area contributed by atoms with Gasteiger partial charge >= 0.3 is 0 Å². The van der Waals surface area contributed by atoms with Crippen molar-refractivity contribution < 1.29 is 4.79 Å². The summed E-state index contributed by atoms with van der Waals surface area (Å²) in [4.78, 5) is 16.2. The lowest BCUT2D eigenvalue weighted by atomic mass is 9.85. The van der Waals surface area contributed by atoms with E-state index in [0.29, 0.717) is 5.69 Å². The monoisotopic (exact) mass is 333 g/mol. The molecule has 0 bridgehead atoms. The Morgan fingerprint density at radius 3 is 2.64 bits per heavy atom. The number of aromatic nitrogens is 1. The smallest absolute Gasteiger partial charge is 0.227 e. The van der Waals surface area contributed by atoms with E-state index in [1.165, 1.54) is 33.3 Å². The fraction of sp³-hybridized carbons (Fsp3) is 0.286. The van der Waals surface area contributed by atoms with Crippen LogP contribution in [0.3, 0.4) is 0 Å². The van der Waals surface area contributed by atoms with Crippen LogP contribution >= 0.6 is 0 Å². The van der Waals surface area contributed by atoms with Crippen molar-refractivity contribution in [2.75, 3.05) is 11.1 Å². The van der Waals surface area contributed by atoms with E-state index in [0.717, 1.165) is 24.9 Å². The highest BCUT2D eigenvalue weighted by molar-refractivity contribution is 5.94. The van der Waals surface area contributed by atoms with Gasteiger partial charge in [0.05, 0.1) is 0 Å². The number of hydrogen-bond acceptors (Lipinski definition) is 2. The number of nitrogens with one attached hydrogen (secondary N) is 2. The van der Waals surface area contributed by atoms with Crippen LogP contribution in [0.1, 0.15) is 28.8 Å². The molecule has 2 aromatic carbocycles. The van der Waals surface area contributed by atoms with Gasteiger partial charge < -0.3 is 16.0 Å². The molecule has 3 aromatic rings. The zero-order valence-electron chi connectivity index (χ0n) is 14.6. The first-order valence-electron chi connectivity index (χ1n) is 8.78. The van der Waals surface area contributed by atoms with E-state index >= 15 is 0 Å². The molecular weight excluding hydrogens is 310 g/mol. The van der Waals surface area contributed by atoms with Crippen molar-refractivity contribution in [2.24, 2.45) is 5.92 Å². The number of amides is 1. The Hall–Kier alpha value is -2.75. The molecule has 0 saturated heterocycles. The minimum atomic E-state index is 0.00524. The van der Waals surface area contributed by atoms with Crippen molar-refractivity contribution in [1.82, 2.24) is 4.98 Å². The summed E-state index contributed by atoms with van der Waals surface area (Å²) in [7, 11) is 0. The van der Waals surface area contributed by atoms with E-state index < -0.39 is 0 Å². The zero-order valence-corrected chi connectivity index (χ0v) is 14.6. The van der Waals surface area contributed by atoms with E-state index in [1.807, 2.05) is 12.1 Å². The number of carbonyl (C=O) groups excluding carboxylic acids is 1. The number of H-pyrrole nitrogens is 1. The van der Waals surface area contributed by atoms with E-state index in [9.17, 15) is 4.79 Å². The Morgan fingerprint density at radius 1 is 1.16 bits per heavy atom. The maximum atomic E-state index is 12.7. The van der Waals surface area contributed by atoms with Gasteiger partial charge in [-0.2, -0.15) is 0 Å². The van der Waals surface area contributed by atoms with Gasteiger partial charge in [-0.25, -0.2) is 0 Å². The molecule has 128 valence electrons. The average molecular weight is 333 g/mol. The summed E-state index contributed by atoms with van der Waals surface area (Å²) in [6.07, 6.45) is 2.58. The topological polar surface area (TPSA) is 70.9 Å². The van der Waals surface area contributed by atoms with Crippen molar-refractivity contribution in [1.29, 1.82) is 0 Å². The third-order valence-electron chi connectivity index (χ3n) is 5.35. The maximum absolute atomic E-state index is 12.7. The molecule has 4 nitrogen and oxygen atoms in total. The second-order valence-electron chi connectivity index (χ2n) is 7.12. The summed E-state index contributed by atoms with van der Waals surface area (Å²) in [6.45, 7) is 4.28. The molecule has 1 amide bonds. The number of nitrogens with two attached hydrogens (primary N) is 1. The van der Waals surface area contributed by atoms with Crippen molar-refractivity contribution in [2.45, 2.75) is 33.1 Å². The first kappa shape index (κ1) is 15.8. The highest BCUT2D eigenvalue weighted by Gasteiger charge is 2.27. The largest absolute Gasteiger partial charge is 0.399 e. The average Bonchev–Trinajstić information content (AvgIpc) is 2.94. The molecule has 4 N–H and O–H groups in total. The Labute approximate surface area is 147 Å². The van der Waals surface area contributed by atoms with Gasteiger partial charge in [-0.05, 0) is 86.2 Å². The second-order valence-corrected chi connectivity index (χ2v) is 7.12. The summed E-state index contributed by atoms with van der Waals surface area (Å²) >= 11 is 0. The third kappa shape index (κ3) is 2.88. The molecule has 0 spiro atoms. The zero-order chi connectivity index (χ0) is 17.6. The van der Waals surface area contributed by atoms with Crippen molar-refractivity contribution in [3.05, 3.63) is 58.8 Å². The molecule has 4 heteroatoms. The number of aryl methyl sites for hydroxylation is 3. The predicted octanol–water partition coefficient (Wildman–Crippen LogP) is 4.11. The van der Waals surface area contributed by atoms with Crippen LogP contribution in [0.4, 0.5) is 11.4 Å². The van der Waals surface area contributed by atoms with Crippen molar-refractivity contribution >= 4 is 28.2 Å². The standard InChI is InChI=1S/C21H23N3O/c1-12-9-17-18-11-14(3-8-19(18)24-20(17)10-13(12)2)21(25)23-16-6-4-15(22)5-7-16/h4-7,9-10,14,24H,3,8,11,22H2,1-2H3,(H,23,25). The molecule has 0 fully saturated rings. The maximum Gasteiger partial charge on any atom is 0.227 e. The van der Waals surface area contributed by atoms with Crippen molar-refractivity contribution in [3.8, 4) is 0 Å². The molecule has 4 rings (SSSR count). The normalized spacial score (nSPS) is 16.6. The third-order valence-corrected chi connectivity index (χ3v) is 5.35. The van der Waals surface area contributed by atoms with Gasteiger partial charge in [0.15, 0.2) is 0 Å². The van der Waals surface area contributed by atoms with Crippen LogP contribution in [-0.2, 0) is 17.6 Å². The number of nitrogen functional groups attached to an aromatic ring is 1. The summed E-state index contributed by atoms with van der Waals surface area (Å²) < 4.78 is 0. The van der Waals surface area contributed by atoms with Gasteiger partial charge in [0.2, 0.25) is 5.91 Å². The van der Waals surface area contributed by atoms with Crippen LogP contribution in [0.5, 0.6) is 0 Å². The SMILES string of the molecule is Cc1cc2[nH]c3c(c2cc1C)CC(C(=O)Nc1ccc(N)cc1)CC3. The summed E-state index contributed by atoms with van der Waals surface area (Å²) in [5.74, 6) is 0.0965. The van der Waals surface area contributed by atoms with E-state index in [2.05, 4.69) is 36.3 Å². The number of carbonyl (C=O) groups is 1. The molecular formula is C21H23N3O. The van der Waals surface area contributed by atoms with Gasteiger partial charge in [-0.15, -0.1) is 0 Å². The molecule has 25 heavy (non-hydrogen) atoms. The Bertz CT molecular complexity index is 953. The Kier molecular flexibility index (Phi) is 3.75. The van der Waals surface area contributed by atoms with Crippen LogP contribution in [0.25, 0.3) is 10.9 Å². The van der Waals surface area contributed by atoms with E-state index in [4.69, 9.17) is 5.73 Å². The number of aromatic amines is 1. The molecule has 1 atom stereocenters. The van der Waals surface area contributed by atoms with Crippen LogP contribution in [-0.4, -0.2) is 10.9 Å². The minimum Gasteiger partial charge on any atom is -0.399 e. The van der Waals surface area contributed by atoms with Crippen molar-refractivity contribution in [3.63, 3.8) is 0 Å². The minimum absolute atomic E-state index is 0.00524. The van der Waals surface area contributed by atoms with Crippen LogP contribution in [0.15, 0.2) is 36.4 Å². The Balaban J connectivity index is 1.58. The molecule has 1 aliphatic rings. The van der Waals surface area contributed by atoms with Crippen LogP contribution < -0.4 is 11.1 Å². The second kappa shape index (κ2) is 5.96. The van der Waals surface area contributed by atoms with Gasteiger partial charge in [0.1, 0.15) is 0 Å². The highest BCUT2D eigenvalue weighted by atomic mass is 16.1. The molecule has 1 aliphatic carbocycles. The molecule has 1 heterocycles. The van der Waals surface area contributed by atoms with Gasteiger partial charge in [-0.3, -0.25) is 4.79 Å². The lowest BCUT2D eigenvalue weighted by molar-refractivity contribution is -0.120. The van der Waals surface area contributed by atoms with Gasteiger partial charge in [-0.1, -0.05) is 0 Å². The van der Waals surface area contributed by atoms with Crippen LogP contribution in [0.2, 0.25) is 0 Å². The number of benzene rings is 2. The molecule has 0 aliphatic heterocycles. The molecule has 0 saturated carbocycles. The van der Waals surface area contributed by atoms with Crippen LogP contribution in [0, 0.1) is 19.8 Å². The molecule has 1 unspecified atom stereocenters. The fourth-order valence-electron chi connectivity index (χ4n) is 3.72. The van der Waals surface area contributed by atoms with E-state index in [-0.39, 0.29) is 11.8 Å². The highest BCUT2D eigenvalue weighted by Crippen LogP contribution is 2.33. The number of rotatable bonds is 2. The lowest BCUT2D eigenvalue weighted by Gasteiger charge is -2.22. The predicted molar refractivity (Wildman–Crippen MR) is 103 cm³/mol. The van der Waals surface area contributed by atoms with Gasteiger partial charge in [0, 0.05) is 33.9 Å². The summed E-state index contributed by atoms with van der Waals surface area (Å²) in [5.41, 5.74) is 13.6. The molecule has 0 radical (unpaired) electrons. The number of fused-ring (bicyclic) bond motifs is 3. The van der Waals surface area contributed by atoms with E-state index in [1.54, 1.807) is 12.1 Å². The number of anilines is 2. The molecule has 1 aromatic heterocycles. The first-order chi connectivity index (χ1) is 12.0.